The Morgan fingerprint density at radius 1 is 1.28 bits per heavy atom. The minimum atomic E-state index is 0.122. The summed E-state index contributed by atoms with van der Waals surface area (Å²) in [5, 5.41) is 0.665. The lowest BCUT2D eigenvalue weighted by atomic mass is 9.86. The second-order valence-electron chi connectivity index (χ2n) is 6.16. The summed E-state index contributed by atoms with van der Waals surface area (Å²) in [7, 11) is 6.57. The van der Waals surface area contributed by atoms with E-state index in [1.807, 2.05) is 24.3 Å². The van der Waals surface area contributed by atoms with Gasteiger partial charge in [-0.15, -0.1) is 0 Å². The normalized spacial score (nSPS) is 18.2. The van der Waals surface area contributed by atoms with Crippen LogP contribution in [0.4, 0.5) is 0 Å². The third-order valence-corrected chi connectivity index (χ3v) is 3.31. The summed E-state index contributed by atoms with van der Waals surface area (Å²) < 4.78 is 12.2. The van der Waals surface area contributed by atoms with E-state index in [-0.39, 0.29) is 5.41 Å². The van der Waals surface area contributed by atoms with Gasteiger partial charge in [-0.3, -0.25) is 0 Å². The van der Waals surface area contributed by atoms with E-state index in [9.17, 15) is 0 Å². The highest BCUT2D eigenvalue weighted by Gasteiger charge is 2.44. The number of hydrogen-bond acceptors (Lipinski definition) is 2. The molecule has 1 heterocycles. The van der Waals surface area contributed by atoms with E-state index in [4.69, 9.17) is 21.1 Å². The van der Waals surface area contributed by atoms with Crippen LogP contribution in [0.15, 0.2) is 24.3 Å². The minimum Gasteiger partial charge on any atom is -0.491 e. The van der Waals surface area contributed by atoms with Crippen molar-refractivity contribution in [3.8, 4) is 5.75 Å². The number of halogens is 1. The van der Waals surface area contributed by atoms with Gasteiger partial charge >= 0.3 is 0 Å². The molecule has 0 N–H and O–H groups in total. The standard InChI is InChI=1S/C14H21ClNO2/c1-16(2,3)8-14(9-17-10-14)11-18-13-7-5-4-6-12(13)15/h4-7H,8-11H2,1-3H3/q+1. The van der Waals surface area contributed by atoms with Crippen LogP contribution in [-0.4, -0.2) is 52.0 Å². The molecule has 1 aliphatic rings. The van der Waals surface area contributed by atoms with Crippen LogP contribution in [-0.2, 0) is 4.74 Å². The van der Waals surface area contributed by atoms with Crippen molar-refractivity contribution in [1.29, 1.82) is 0 Å². The molecular weight excluding hydrogens is 250 g/mol. The van der Waals surface area contributed by atoms with Crippen molar-refractivity contribution in [1.82, 2.24) is 0 Å². The lowest BCUT2D eigenvalue weighted by molar-refractivity contribution is -0.879. The Balaban J connectivity index is 1.98. The zero-order valence-corrected chi connectivity index (χ0v) is 12.0. The van der Waals surface area contributed by atoms with Crippen LogP contribution < -0.4 is 4.74 Å². The molecule has 3 nitrogen and oxygen atoms in total. The molecule has 4 heteroatoms. The fraction of sp³-hybridized carbons (Fsp3) is 0.571. The molecule has 0 unspecified atom stereocenters. The smallest absolute Gasteiger partial charge is 0.137 e. The highest BCUT2D eigenvalue weighted by molar-refractivity contribution is 6.32. The van der Waals surface area contributed by atoms with E-state index < -0.39 is 0 Å². The van der Waals surface area contributed by atoms with Crippen molar-refractivity contribution in [3.05, 3.63) is 29.3 Å². The maximum absolute atomic E-state index is 6.09. The molecule has 1 aliphatic heterocycles. The Morgan fingerprint density at radius 2 is 1.94 bits per heavy atom. The Hall–Kier alpha value is -0.770. The Morgan fingerprint density at radius 3 is 2.44 bits per heavy atom. The molecule has 18 heavy (non-hydrogen) atoms. The van der Waals surface area contributed by atoms with Crippen molar-refractivity contribution >= 4 is 11.6 Å². The van der Waals surface area contributed by atoms with Gasteiger partial charge < -0.3 is 14.0 Å². The van der Waals surface area contributed by atoms with E-state index in [0.29, 0.717) is 11.6 Å². The Labute approximate surface area is 114 Å². The van der Waals surface area contributed by atoms with Crippen LogP contribution in [0.1, 0.15) is 0 Å². The first-order valence-electron chi connectivity index (χ1n) is 6.16. The van der Waals surface area contributed by atoms with E-state index in [0.717, 1.165) is 30.0 Å². The first kappa shape index (κ1) is 13.7. The maximum Gasteiger partial charge on any atom is 0.137 e. The first-order chi connectivity index (χ1) is 8.40. The van der Waals surface area contributed by atoms with Gasteiger partial charge in [0.2, 0.25) is 0 Å². The molecule has 1 aromatic carbocycles. The summed E-state index contributed by atoms with van der Waals surface area (Å²) in [6.07, 6.45) is 0. The van der Waals surface area contributed by atoms with Crippen LogP contribution in [0.5, 0.6) is 5.75 Å². The van der Waals surface area contributed by atoms with Crippen molar-refractivity contribution in [2.24, 2.45) is 5.41 Å². The molecule has 2 rings (SSSR count). The summed E-state index contributed by atoms with van der Waals surface area (Å²) in [5.41, 5.74) is 0.122. The number of benzene rings is 1. The molecule has 0 aliphatic carbocycles. The second kappa shape index (κ2) is 5.08. The molecule has 1 fully saturated rings. The molecule has 1 saturated heterocycles. The molecule has 0 amide bonds. The van der Waals surface area contributed by atoms with Gasteiger partial charge in [0.15, 0.2) is 0 Å². The molecule has 0 spiro atoms. The number of hydrogen-bond donors (Lipinski definition) is 0. The molecule has 0 saturated carbocycles. The molecular formula is C14H21ClNO2+. The predicted octanol–water partition coefficient (Wildman–Crippen LogP) is 2.44. The number of quaternary nitrogens is 1. The van der Waals surface area contributed by atoms with Gasteiger partial charge in [-0.1, -0.05) is 23.7 Å². The van der Waals surface area contributed by atoms with Gasteiger partial charge in [0, 0.05) is 0 Å². The van der Waals surface area contributed by atoms with Gasteiger partial charge in [-0.2, -0.15) is 0 Å². The van der Waals surface area contributed by atoms with Crippen molar-refractivity contribution in [2.75, 3.05) is 47.5 Å². The number of ether oxygens (including phenoxy) is 2. The number of nitrogens with zero attached hydrogens (tertiary/aromatic N) is 1. The van der Waals surface area contributed by atoms with E-state index in [2.05, 4.69) is 21.1 Å². The van der Waals surface area contributed by atoms with Gasteiger partial charge in [0.05, 0.1) is 51.3 Å². The van der Waals surface area contributed by atoms with Gasteiger partial charge in [-0.05, 0) is 12.1 Å². The summed E-state index contributed by atoms with van der Waals surface area (Å²) in [5.74, 6) is 0.756. The van der Waals surface area contributed by atoms with E-state index in [1.165, 1.54) is 0 Å². The van der Waals surface area contributed by atoms with Crippen LogP contribution in [0.25, 0.3) is 0 Å². The summed E-state index contributed by atoms with van der Waals surface area (Å²) in [4.78, 5) is 0. The monoisotopic (exact) mass is 270 g/mol. The highest BCUT2D eigenvalue weighted by atomic mass is 35.5. The van der Waals surface area contributed by atoms with Gasteiger partial charge in [-0.25, -0.2) is 0 Å². The van der Waals surface area contributed by atoms with Crippen LogP contribution >= 0.6 is 11.6 Å². The van der Waals surface area contributed by atoms with Crippen molar-refractivity contribution in [3.63, 3.8) is 0 Å². The fourth-order valence-corrected chi connectivity index (χ4v) is 2.60. The predicted molar refractivity (Wildman–Crippen MR) is 73.1 cm³/mol. The number of para-hydroxylation sites is 1. The van der Waals surface area contributed by atoms with Gasteiger partial charge in [0.25, 0.3) is 0 Å². The summed E-state index contributed by atoms with van der Waals surface area (Å²) in [6.45, 7) is 3.24. The van der Waals surface area contributed by atoms with Crippen molar-refractivity contribution < 1.29 is 14.0 Å². The quantitative estimate of drug-likeness (QED) is 0.765. The third kappa shape index (κ3) is 3.37. The largest absolute Gasteiger partial charge is 0.491 e. The average Bonchev–Trinajstić information content (AvgIpc) is 2.22. The average molecular weight is 271 g/mol. The SMILES string of the molecule is C[N+](C)(C)CC1(COc2ccccc2Cl)COC1. The highest BCUT2D eigenvalue weighted by Crippen LogP contribution is 2.32. The topological polar surface area (TPSA) is 18.5 Å². The third-order valence-electron chi connectivity index (χ3n) is 3.00. The van der Waals surface area contributed by atoms with E-state index >= 15 is 0 Å². The van der Waals surface area contributed by atoms with E-state index in [1.54, 1.807) is 0 Å². The lowest BCUT2D eigenvalue weighted by Gasteiger charge is -2.44. The Bertz CT molecular complexity index is 411. The minimum absolute atomic E-state index is 0.122. The molecule has 1 aromatic rings. The maximum atomic E-state index is 6.09. The molecule has 0 atom stereocenters. The van der Waals surface area contributed by atoms with Crippen LogP contribution in [0.3, 0.4) is 0 Å². The molecule has 0 aromatic heterocycles. The van der Waals surface area contributed by atoms with Crippen molar-refractivity contribution in [2.45, 2.75) is 0 Å². The zero-order chi connectivity index (χ0) is 13.2. The first-order valence-corrected chi connectivity index (χ1v) is 6.54. The lowest BCUT2D eigenvalue weighted by Crippen LogP contribution is -2.57. The second-order valence-corrected chi connectivity index (χ2v) is 6.57. The van der Waals surface area contributed by atoms with Crippen LogP contribution in [0.2, 0.25) is 5.02 Å². The Kier molecular flexibility index (Phi) is 3.85. The fourth-order valence-electron chi connectivity index (χ4n) is 2.41. The van der Waals surface area contributed by atoms with Gasteiger partial charge in [0.1, 0.15) is 12.4 Å². The summed E-state index contributed by atoms with van der Waals surface area (Å²) in [6, 6.07) is 7.59. The number of rotatable bonds is 5. The molecule has 0 bridgehead atoms. The molecule has 0 radical (unpaired) electrons. The summed E-state index contributed by atoms with van der Waals surface area (Å²) >= 11 is 6.09. The zero-order valence-electron chi connectivity index (χ0n) is 11.3. The molecule has 100 valence electrons. The van der Waals surface area contributed by atoms with Crippen LogP contribution in [0, 0.1) is 5.41 Å².